The van der Waals surface area contributed by atoms with Crippen molar-refractivity contribution in [2.45, 2.75) is 12.8 Å². The molecule has 1 aliphatic heterocycles. The maximum absolute atomic E-state index is 5.75. The summed E-state index contributed by atoms with van der Waals surface area (Å²) < 4.78 is 0. The van der Waals surface area contributed by atoms with Gasteiger partial charge in [-0.25, -0.2) is 21.5 Å². The Bertz CT molecular complexity index is 378. The number of aromatic nitrogens is 2. The van der Waals surface area contributed by atoms with Gasteiger partial charge in [-0.15, -0.1) is 0 Å². The first-order valence-corrected chi connectivity index (χ1v) is 4.58. The molecule has 0 spiro atoms. The van der Waals surface area contributed by atoms with Crippen molar-refractivity contribution in [3.05, 3.63) is 29.6 Å². The molecule has 0 saturated carbocycles. The molecular formula is C8H13N7. The van der Waals surface area contributed by atoms with Gasteiger partial charge in [0, 0.05) is 25.2 Å². The Hall–Kier alpha value is -2.02. The monoisotopic (exact) mass is 207 g/mol. The Balaban J connectivity index is 2.01. The second-order valence-electron chi connectivity index (χ2n) is 3.17. The Kier molecular flexibility index (Phi) is 2.55. The molecule has 1 aromatic heterocycles. The fourth-order valence-electron chi connectivity index (χ4n) is 1.37. The molecule has 1 aliphatic rings. The molecule has 7 heteroatoms. The molecule has 2 rings (SSSR count). The van der Waals surface area contributed by atoms with E-state index >= 15 is 0 Å². The van der Waals surface area contributed by atoms with Crippen molar-refractivity contribution in [1.82, 2.24) is 20.6 Å². The Morgan fingerprint density at radius 3 is 2.93 bits per heavy atom. The fourth-order valence-corrected chi connectivity index (χ4v) is 1.37. The van der Waals surface area contributed by atoms with E-state index in [0.717, 1.165) is 17.9 Å². The van der Waals surface area contributed by atoms with Crippen molar-refractivity contribution in [2.75, 3.05) is 0 Å². The van der Waals surface area contributed by atoms with Gasteiger partial charge in [0.25, 0.3) is 0 Å². The van der Waals surface area contributed by atoms with Crippen LogP contribution in [0.4, 0.5) is 0 Å². The number of nitrogens with two attached hydrogens (primary N) is 2. The van der Waals surface area contributed by atoms with Gasteiger partial charge in [-0.2, -0.15) is 5.10 Å². The van der Waals surface area contributed by atoms with Crippen LogP contribution in [-0.4, -0.2) is 21.3 Å². The standard InChI is InChI=1S/C8H13N7/c9-6-5-13-14-15(10)7(6)1-2-8-11-3-4-12-8/h3-5,14H,1-2,9-10H2,(H,11,12). The predicted octanol–water partition coefficient (Wildman–Crippen LogP) is -0.808. The van der Waals surface area contributed by atoms with E-state index in [4.69, 9.17) is 11.6 Å². The third kappa shape index (κ3) is 2.08. The smallest absolute Gasteiger partial charge is 0.106 e. The van der Waals surface area contributed by atoms with Gasteiger partial charge in [0.05, 0.1) is 17.6 Å². The molecule has 0 fully saturated rings. The van der Waals surface area contributed by atoms with Crippen LogP contribution in [0.5, 0.6) is 0 Å². The van der Waals surface area contributed by atoms with Gasteiger partial charge in [0.15, 0.2) is 0 Å². The minimum atomic E-state index is 0.572. The maximum atomic E-state index is 5.75. The van der Waals surface area contributed by atoms with Crippen LogP contribution in [0.15, 0.2) is 28.9 Å². The Morgan fingerprint density at radius 2 is 2.27 bits per heavy atom. The third-order valence-electron chi connectivity index (χ3n) is 2.15. The fraction of sp³-hybridized carbons (Fsp3) is 0.250. The molecule has 80 valence electrons. The van der Waals surface area contributed by atoms with Crippen LogP contribution < -0.4 is 17.1 Å². The van der Waals surface area contributed by atoms with Crippen LogP contribution in [0.25, 0.3) is 0 Å². The molecule has 0 amide bonds. The molecule has 2 heterocycles. The van der Waals surface area contributed by atoms with E-state index in [1.54, 1.807) is 18.6 Å². The van der Waals surface area contributed by atoms with Crippen molar-refractivity contribution < 1.29 is 0 Å². The van der Waals surface area contributed by atoms with Crippen LogP contribution >= 0.6 is 0 Å². The number of aryl methyl sites for hydroxylation is 1. The lowest BCUT2D eigenvalue weighted by Crippen LogP contribution is -2.44. The molecule has 0 atom stereocenters. The number of nitrogens with one attached hydrogen (secondary N) is 2. The van der Waals surface area contributed by atoms with E-state index in [-0.39, 0.29) is 0 Å². The summed E-state index contributed by atoms with van der Waals surface area (Å²) in [4.78, 5) is 7.14. The summed E-state index contributed by atoms with van der Waals surface area (Å²) in [7, 11) is 0. The molecule has 0 saturated heterocycles. The normalized spacial score (nSPS) is 15.7. The number of rotatable bonds is 3. The lowest BCUT2D eigenvalue weighted by molar-refractivity contribution is 0.243. The molecule has 7 nitrogen and oxygen atoms in total. The first-order chi connectivity index (χ1) is 7.27. The van der Waals surface area contributed by atoms with Crippen molar-refractivity contribution in [3.63, 3.8) is 0 Å². The van der Waals surface area contributed by atoms with Crippen molar-refractivity contribution in [2.24, 2.45) is 16.7 Å². The van der Waals surface area contributed by atoms with Gasteiger partial charge in [-0.1, -0.05) is 0 Å². The first kappa shape index (κ1) is 9.53. The first-order valence-electron chi connectivity index (χ1n) is 4.58. The third-order valence-corrected chi connectivity index (χ3v) is 2.15. The van der Waals surface area contributed by atoms with E-state index in [2.05, 4.69) is 20.6 Å². The number of nitrogens with zero attached hydrogens (tertiary/aromatic N) is 3. The number of imidazole rings is 1. The maximum Gasteiger partial charge on any atom is 0.106 e. The van der Waals surface area contributed by atoms with Crippen molar-refractivity contribution in [1.29, 1.82) is 0 Å². The quantitative estimate of drug-likeness (QED) is 0.485. The van der Waals surface area contributed by atoms with Gasteiger partial charge in [0.1, 0.15) is 5.82 Å². The van der Waals surface area contributed by atoms with Crippen molar-refractivity contribution >= 4 is 6.21 Å². The molecule has 0 radical (unpaired) electrons. The van der Waals surface area contributed by atoms with E-state index < -0.39 is 0 Å². The average molecular weight is 207 g/mol. The molecule has 0 unspecified atom stereocenters. The summed E-state index contributed by atoms with van der Waals surface area (Å²) in [6.07, 6.45) is 6.50. The second-order valence-corrected chi connectivity index (χ2v) is 3.17. The number of aromatic amines is 1. The lowest BCUT2D eigenvalue weighted by atomic mass is 10.2. The molecule has 0 aromatic carbocycles. The van der Waals surface area contributed by atoms with Crippen LogP contribution in [0, 0.1) is 0 Å². The minimum absolute atomic E-state index is 0.572. The predicted molar refractivity (Wildman–Crippen MR) is 55.8 cm³/mol. The number of hydrogen-bond donors (Lipinski definition) is 4. The van der Waals surface area contributed by atoms with Gasteiger partial charge in [0.2, 0.25) is 0 Å². The summed E-state index contributed by atoms with van der Waals surface area (Å²) in [6, 6.07) is 0. The second kappa shape index (κ2) is 4.01. The number of hydrazone groups is 1. The molecule has 6 N–H and O–H groups in total. The topological polar surface area (TPSA) is 108 Å². The largest absolute Gasteiger partial charge is 0.396 e. The number of allylic oxidation sites excluding steroid dienone is 2. The van der Waals surface area contributed by atoms with Gasteiger partial charge in [-0.3, -0.25) is 0 Å². The zero-order chi connectivity index (χ0) is 10.7. The van der Waals surface area contributed by atoms with Gasteiger partial charge in [-0.05, 0) is 0 Å². The van der Waals surface area contributed by atoms with E-state index in [9.17, 15) is 0 Å². The highest BCUT2D eigenvalue weighted by Crippen LogP contribution is 2.11. The number of H-pyrrole nitrogens is 1. The Morgan fingerprint density at radius 1 is 1.40 bits per heavy atom. The highest BCUT2D eigenvalue weighted by molar-refractivity contribution is 5.78. The van der Waals surface area contributed by atoms with E-state index in [1.165, 1.54) is 5.12 Å². The molecule has 1 aromatic rings. The SMILES string of the molecule is NC1=C(CCc2ncc[nH]2)N(N)NN=C1. The molecule has 0 bridgehead atoms. The average Bonchev–Trinajstić information content (AvgIpc) is 2.70. The van der Waals surface area contributed by atoms with E-state index in [1.807, 2.05) is 0 Å². The highest BCUT2D eigenvalue weighted by atomic mass is 15.8. The zero-order valence-electron chi connectivity index (χ0n) is 8.14. The molecule has 15 heavy (non-hydrogen) atoms. The summed E-state index contributed by atoms with van der Waals surface area (Å²) in [6.45, 7) is 0. The number of hydrazine groups is 2. The van der Waals surface area contributed by atoms with Crippen LogP contribution in [0.1, 0.15) is 12.2 Å². The van der Waals surface area contributed by atoms with Gasteiger partial charge < -0.3 is 10.7 Å². The summed E-state index contributed by atoms with van der Waals surface area (Å²) >= 11 is 0. The summed E-state index contributed by atoms with van der Waals surface area (Å²) in [5, 5.41) is 5.07. The van der Waals surface area contributed by atoms with Crippen LogP contribution in [0.3, 0.4) is 0 Å². The van der Waals surface area contributed by atoms with Crippen LogP contribution in [0.2, 0.25) is 0 Å². The summed E-state index contributed by atoms with van der Waals surface area (Å²) in [5.74, 6) is 6.56. The molecular weight excluding hydrogens is 194 g/mol. The highest BCUT2D eigenvalue weighted by Gasteiger charge is 2.12. The van der Waals surface area contributed by atoms with Crippen molar-refractivity contribution in [3.8, 4) is 0 Å². The van der Waals surface area contributed by atoms with Gasteiger partial charge >= 0.3 is 0 Å². The minimum Gasteiger partial charge on any atom is -0.396 e. The van der Waals surface area contributed by atoms with Crippen LogP contribution in [-0.2, 0) is 6.42 Å². The van der Waals surface area contributed by atoms with E-state index in [0.29, 0.717) is 12.1 Å². The lowest BCUT2D eigenvalue weighted by Gasteiger charge is -2.24. The number of hydrogen-bond acceptors (Lipinski definition) is 6. The molecule has 0 aliphatic carbocycles. The zero-order valence-corrected chi connectivity index (χ0v) is 8.14. The summed E-state index contributed by atoms with van der Waals surface area (Å²) in [5.41, 5.74) is 9.73. The Labute approximate surface area is 86.8 Å².